The lowest BCUT2D eigenvalue weighted by atomic mass is 10.1. The second-order valence-electron chi connectivity index (χ2n) is 5.71. The average molecular weight is 364 g/mol. The molecule has 0 bridgehead atoms. The summed E-state index contributed by atoms with van der Waals surface area (Å²) in [7, 11) is 3.18. The molecule has 0 saturated carbocycles. The van der Waals surface area contributed by atoms with Crippen molar-refractivity contribution in [3.05, 3.63) is 66.2 Å². The molecule has 0 aliphatic rings. The largest absolute Gasteiger partial charge is 0.497 e. The van der Waals surface area contributed by atoms with Crippen molar-refractivity contribution in [2.75, 3.05) is 24.9 Å². The number of methoxy groups -OCH3 is 2. The third-order valence-corrected chi connectivity index (χ3v) is 3.81. The number of amides is 1. The molecule has 0 saturated heterocycles. The van der Waals surface area contributed by atoms with E-state index in [2.05, 4.69) is 20.8 Å². The Labute approximate surface area is 157 Å². The smallest absolute Gasteiger partial charge is 0.229 e. The van der Waals surface area contributed by atoms with Crippen molar-refractivity contribution in [3.63, 3.8) is 0 Å². The second kappa shape index (κ2) is 8.66. The van der Waals surface area contributed by atoms with Crippen molar-refractivity contribution < 1.29 is 14.3 Å². The van der Waals surface area contributed by atoms with E-state index in [4.69, 9.17) is 9.47 Å². The molecular formula is C20H20N4O3. The molecule has 1 amide bonds. The zero-order valence-corrected chi connectivity index (χ0v) is 15.1. The molecule has 0 fully saturated rings. The van der Waals surface area contributed by atoms with E-state index in [1.807, 2.05) is 30.3 Å². The maximum atomic E-state index is 12.1. The fourth-order valence-electron chi connectivity index (χ4n) is 2.48. The molecular weight excluding hydrogens is 344 g/mol. The van der Waals surface area contributed by atoms with Crippen LogP contribution in [0, 0.1) is 0 Å². The van der Waals surface area contributed by atoms with Gasteiger partial charge in [0.05, 0.1) is 26.3 Å². The summed E-state index contributed by atoms with van der Waals surface area (Å²) in [5, 5.41) is 14.0. The van der Waals surface area contributed by atoms with Crippen LogP contribution >= 0.6 is 0 Å². The fraction of sp³-hybridized carbons (Fsp3) is 0.150. The van der Waals surface area contributed by atoms with E-state index in [9.17, 15) is 4.79 Å². The van der Waals surface area contributed by atoms with Crippen molar-refractivity contribution in [1.29, 1.82) is 0 Å². The Hall–Kier alpha value is -3.61. The molecule has 0 aliphatic heterocycles. The van der Waals surface area contributed by atoms with Gasteiger partial charge < -0.3 is 20.1 Å². The lowest BCUT2D eigenvalue weighted by Gasteiger charge is -2.12. The number of carbonyl (C=O) groups excluding carboxylic acids is 1. The highest BCUT2D eigenvalue weighted by Crippen LogP contribution is 2.30. The van der Waals surface area contributed by atoms with Gasteiger partial charge in [0.1, 0.15) is 11.5 Å². The van der Waals surface area contributed by atoms with E-state index >= 15 is 0 Å². The Bertz CT molecular complexity index is 899. The van der Waals surface area contributed by atoms with Gasteiger partial charge in [-0.3, -0.25) is 4.79 Å². The molecule has 1 heterocycles. The third-order valence-electron chi connectivity index (χ3n) is 3.81. The quantitative estimate of drug-likeness (QED) is 0.668. The highest BCUT2D eigenvalue weighted by molar-refractivity contribution is 5.91. The van der Waals surface area contributed by atoms with Gasteiger partial charge in [0.15, 0.2) is 11.6 Å². The lowest BCUT2D eigenvalue weighted by Crippen LogP contribution is -2.15. The molecule has 2 N–H and O–H groups in total. The zero-order chi connectivity index (χ0) is 19.1. The Morgan fingerprint density at radius 3 is 2.33 bits per heavy atom. The number of aromatic nitrogens is 2. The van der Waals surface area contributed by atoms with E-state index in [0.29, 0.717) is 28.8 Å². The van der Waals surface area contributed by atoms with E-state index in [0.717, 1.165) is 5.56 Å². The summed E-state index contributed by atoms with van der Waals surface area (Å²) in [6, 6.07) is 18.3. The van der Waals surface area contributed by atoms with Gasteiger partial charge in [-0.15, -0.1) is 10.2 Å². The van der Waals surface area contributed by atoms with Crippen molar-refractivity contribution in [3.8, 4) is 11.5 Å². The first kappa shape index (κ1) is 18.2. The first-order chi connectivity index (χ1) is 13.2. The summed E-state index contributed by atoms with van der Waals surface area (Å²) in [6.07, 6.45) is 0.281. The van der Waals surface area contributed by atoms with Crippen LogP contribution in [0.15, 0.2) is 60.7 Å². The van der Waals surface area contributed by atoms with E-state index in [1.54, 1.807) is 44.6 Å². The molecule has 0 aliphatic carbocycles. The van der Waals surface area contributed by atoms with E-state index in [-0.39, 0.29) is 12.3 Å². The number of benzene rings is 2. The average Bonchev–Trinajstić information content (AvgIpc) is 2.70. The Kier molecular flexibility index (Phi) is 5.84. The van der Waals surface area contributed by atoms with Gasteiger partial charge in [0.25, 0.3) is 0 Å². The minimum atomic E-state index is -0.148. The van der Waals surface area contributed by atoms with Crippen LogP contribution in [0.4, 0.5) is 17.3 Å². The monoisotopic (exact) mass is 364 g/mol. The first-order valence-electron chi connectivity index (χ1n) is 8.34. The SMILES string of the molecule is COc1ccc(OC)c(Nc2ccc(NC(=O)Cc3ccccc3)nn2)c1. The number of anilines is 3. The highest BCUT2D eigenvalue weighted by atomic mass is 16.5. The molecule has 3 aromatic rings. The Morgan fingerprint density at radius 2 is 1.67 bits per heavy atom. The predicted octanol–water partition coefficient (Wildman–Crippen LogP) is 3.42. The molecule has 2 aromatic carbocycles. The van der Waals surface area contributed by atoms with Crippen LogP contribution in [0.25, 0.3) is 0 Å². The first-order valence-corrected chi connectivity index (χ1v) is 8.34. The normalized spacial score (nSPS) is 10.1. The number of rotatable bonds is 7. The maximum absolute atomic E-state index is 12.1. The van der Waals surface area contributed by atoms with Crippen LogP contribution in [0.2, 0.25) is 0 Å². The minimum Gasteiger partial charge on any atom is -0.497 e. The summed E-state index contributed by atoms with van der Waals surface area (Å²) < 4.78 is 10.6. The van der Waals surface area contributed by atoms with Crippen LogP contribution in [-0.2, 0) is 11.2 Å². The number of ether oxygens (including phenoxy) is 2. The number of hydrogen-bond donors (Lipinski definition) is 2. The summed E-state index contributed by atoms with van der Waals surface area (Å²) >= 11 is 0. The molecule has 138 valence electrons. The summed E-state index contributed by atoms with van der Waals surface area (Å²) in [5.74, 6) is 2.10. The van der Waals surface area contributed by atoms with Crippen molar-refractivity contribution in [2.24, 2.45) is 0 Å². The van der Waals surface area contributed by atoms with Crippen molar-refractivity contribution in [2.45, 2.75) is 6.42 Å². The molecule has 0 radical (unpaired) electrons. The molecule has 0 unspecified atom stereocenters. The molecule has 0 spiro atoms. The van der Waals surface area contributed by atoms with Crippen LogP contribution in [-0.4, -0.2) is 30.3 Å². The summed E-state index contributed by atoms with van der Waals surface area (Å²) in [6.45, 7) is 0. The molecule has 7 heteroatoms. The molecule has 3 rings (SSSR count). The highest BCUT2D eigenvalue weighted by Gasteiger charge is 2.08. The van der Waals surface area contributed by atoms with Crippen molar-refractivity contribution in [1.82, 2.24) is 10.2 Å². The van der Waals surface area contributed by atoms with Gasteiger partial charge in [-0.25, -0.2) is 0 Å². The van der Waals surface area contributed by atoms with Gasteiger partial charge in [-0.1, -0.05) is 30.3 Å². The second-order valence-corrected chi connectivity index (χ2v) is 5.71. The van der Waals surface area contributed by atoms with Crippen LogP contribution in [0.1, 0.15) is 5.56 Å². The fourth-order valence-corrected chi connectivity index (χ4v) is 2.48. The predicted molar refractivity (Wildman–Crippen MR) is 104 cm³/mol. The molecule has 27 heavy (non-hydrogen) atoms. The van der Waals surface area contributed by atoms with Crippen LogP contribution < -0.4 is 20.1 Å². The number of nitrogens with zero attached hydrogens (tertiary/aromatic N) is 2. The van der Waals surface area contributed by atoms with Gasteiger partial charge in [-0.05, 0) is 29.8 Å². The topological polar surface area (TPSA) is 85.4 Å². The van der Waals surface area contributed by atoms with Gasteiger partial charge in [0.2, 0.25) is 5.91 Å². The number of carbonyl (C=O) groups is 1. The lowest BCUT2D eigenvalue weighted by molar-refractivity contribution is -0.115. The van der Waals surface area contributed by atoms with Crippen molar-refractivity contribution >= 4 is 23.2 Å². The number of nitrogens with one attached hydrogen (secondary N) is 2. The minimum absolute atomic E-state index is 0.148. The van der Waals surface area contributed by atoms with Gasteiger partial charge in [-0.2, -0.15) is 0 Å². The van der Waals surface area contributed by atoms with Crippen LogP contribution in [0.5, 0.6) is 11.5 Å². The standard InChI is InChI=1S/C20H20N4O3/c1-26-15-8-9-17(27-2)16(13-15)21-18-10-11-19(24-23-18)22-20(25)12-14-6-4-3-5-7-14/h3-11,13H,12H2,1-2H3,(H,21,23)(H,22,24,25). The summed E-state index contributed by atoms with van der Waals surface area (Å²) in [4.78, 5) is 12.1. The number of hydrogen-bond acceptors (Lipinski definition) is 6. The third kappa shape index (κ3) is 4.94. The maximum Gasteiger partial charge on any atom is 0.229 e. The molecule has 1 aromatic heterocycles. The Morgan fingerprint density at radius 1 is 0.926 bits per heavy atom. The van der Waals surface area contributed by atoms with Crippen LogP contribution in [0.3, 0.4) is 0 Å². The van der Waals surface area contributed by atoms with E-state index < -0.39 is 0 Å². The zero-order valence-electron chi connectivity index (χ0n) is 15.1. The molecule has 7 nitrogen and oxygen atoms in total. The van der Waals surface area contributed by atoms with E-state index in [1.165, 1.54) is 0 Å². The Balaban J connectivity index is 1.64. The van der Waals surface area contributed by atoms with Gasteiger partial charge in [0, 0.05) is 6.07 Å². The summed E-state index contributed by atoms with van der Waals surface area (Å²) in [5.41, 5.74) is 1.64. The molecule has 0 atom stereocenters. The van der Waals surface area contributed by atoms with Gasteiger partial charge >= 0.3 is 0 Å².